The summed E-state index contributed by atoms with van der Waals surface area (Å²) in [5, 5.41) is 0. The standard InChI is InChI=1S/C11H14FNO/c1-14-10-6-5-7-8(11(10)12)3-2-4-9(7)13/h5-6,9H,2-4,13H2,1H3. The van der Waals surface area contributed by atoms with E-state index >= 15 is 0 Å². The molecule has 1 unspecified atom stereocenters. The Morgan fingerprint density at radius 3 is 3.00 bits per heavy atom. The molecular weight excluding hydrogens is 181 g/mol. The van der Waals surface area contributed by atoms with E-state index in [-0.39, 0.29) is 11.9 Å². The minimum atomic E-state index is -0.236. The third kappa shape index (κ3) is 1.38. The molecule has 2 N–H and O–H groups in total. The molecule has 0 aromatic heterocycles. The highest BCUT2D eigenvalue weighted by atomic mass is 19.1. The van der Waals surface area contributed by atoms with Crippen molar-refractivity contribution in [2.24, 2.45) is 5.73 Å². The molecule has 3 heteroatoms. The number of hydrogen-bond acceptors (Lipinski definition) is 2. The van der Waals surface area contributed by atoms with Gasteiger partial charge in [-0.2, -0.15) is 0 Å². The maximum absolute atomic E-state index is 13.7. The van der Waals surface area contributed by atoms with Gasteiger partial charge in [0.25, 0.3) is 0 Å². The number of nitrogens with two attached hydrogens (primary N) is 1. The van der Waals surface area contributed by atoms with E-state index in [9.17, 15) is 4.39 Å². The summed E-state index contributed by atoms with van der Waals surface area (Å²) in [5.74, 6) is 0.0815. The van der Waals surface area contributed by atoms with E-state index in [1.54, 1.807) is 6.07 Å². The maximum Gasteiger partial charge on any atom is 0.168 e. The molecule has 0 amide bonds. The van der Waals surface area contributed by atoms with E-state index in [1.165, 1.54) is 7.11 Å². The molecule has 1 aromatic carbocycles. The van der Waals surface area contributed by atoms with Crippen molar-refractivity contribution in [3.63, 3.8) is 0 Å². The summed E-state index contributed by atoms with van der Waals surface area (Å²) in [6.07, 6.45) is 2.67. The zero-order chi connectivity index (χ0) is 10.1. The Hall–Kier alpha value is -1.09. The van der Waals surface area contributed by atoms with Crippen molar-refractivity contribution >= 4 is 0 Å². The van der Waals surface area contributed by atoms with Crippen LogP contribution in [0.4, 0.5) is 4.39 Å². The number of fused-ring (bicyclic) bond motifs is 1. The average molecular weight is 195 g/mol. The molecule has 1 atom stereocenters. The van der Waals surface area contributed by atoms with E-state index in [4.69, 9.17) is 10.5 Å². The monoisotopic (exact) mass is 195 g/mol. The highest BCUT2D eigenvalue weighted by molar-refractivity contribution is 5.40. The quantitative estimate of drug-likeness (QED) is 0.745. The SMILES string of the molecule is COc1ccc2c(c1F)CCCC2N. The van der Waals surface area contributed by atoms with Crippen LogP contribution in [0.25, 0.3) is 0 Å². The molecule has 0 radical (unpaired) electrons. The molecule has 0 aliphatic heterocycles. The zero-order valence-corrected chi connectivity index (χ0v) is 8.22. The Kier molecular flexibility index (Phi) is 2.42. The minimum Gasteiger partial charge on any atom is -0.494 e. The van der Waals surface area contributed by atoms with Crippen LogP contribution in [-0.2, 0) is 6.42 Å². The second-order valence-corrected chi connectivity index (χ2v) is 3.65. The molecule has 0 spiro atoms. The molecule has 14 heavy (non-hydrogen) atoms. The topological polar surface area (TPSA) is 35.2 Å². The predicted molar refractivity (Wildman–Crippen MR) is 52.8 cm³/mol. The Balaban J connectivity index is 2.52. The van der Waals surface area contributed by atoms with Crippen molar-refractivity contribution in [3.8, 4) is 5.75 Å². The van der Waals surface area contributed by atoms with Gasteiger partial charge in [0, 0.05) is 6.04 Å². The molecular formula is C11H14FNO. The van der Waals surface area contributed by atoms with Gasteiger partial charge in [0.2, 0.25) is 0 Å². The number of methoxy groups -OCH3 is 1. The smallest absolute Gasteiger partial charge is 0.168 e. The molecule has 76 valence electrons. The van der Waals surface area contributed by atoms with Crippen LogP contribution in [0.2, 0.25) is 0 Å². The maximum atomic E-state index is 13.7. The highest BCUT2D eigenvalue weighted by Gasteiger charge is 2.21. The third-order valence-electron chi connectivity index (χ3n) is 2.81. The number of rotatable bonds is 1. The van der Waals surface area contributed by atoms with E-state index in [0.29, 0.717) is 5.75 Å². The average Bonchev–Trinajstić information content (AvgIpc) is 2.20. The molecule has 0 saturated carbocycles. The van der Waals surface area contributed by atoms with Crippen molar-refractivity contribution < 1.29 is 9.13 Å². The first kappa shape index (κ1) is 9.46. The Bertz CT molecular complexity index is 351. The number of halogens is 1. The van der Waals surface area contributed by atoms with Crippen molar-refractivity contribution in [1.29, 1.82) is 0 Å². The second kappa shape index (κ2) is 3.58. The van der Waals surface area contributed by atoms with Crippen LogP contribution >= 0.6 is 0 Å². The van der Waals surface area contributed by atoms with Crippen LogP contribution in [0.3, 0.4) is 0 Å². The Morgan fingerprint density at radius 2 is 2.29 bits per heavy atom. The molecule has 1 aliphatic rings. The van der Waals surface area contributed by atoms with Crippen LogP contribution in [-0.4, -0.2) is 7.11 Å². The van der Waals surface area contributed by atoms with E-state index < -0.39 is 0 Å². The molecule has 0 heterocycles. The van der Waals surface area contributed by atoms with Gasteiger partial charge in [-0.25, -0.2) is 4.39 Å². The first-order chi connectivity index (χ1) is 6.74. The fourth-order valence-electron chi connectivity index (χ4n) is 2.03. The van der Waals surface area contributed by atoms with Gasteiger partial charge in [0.1, 0.15) is 0 Å². The van der Waals surface area contributed by atoms with Gasteiger partial charge in [-0.05, 0) is 36.5 Å². The lowest BCUT2D eigenvalue weighted by atomic mass is 9.88. The van der Waals surface area contributed by atoms with Crippen molar-refractivity contribution in [2.45, 2.75) is 25.3 Å². The lowest BCUT2D eigenvalue weighted by Crippen LogP contribution is -2.18. The fourth-order valence-corrected chi connectivity index (χ4v) is 2.03. The normalized spacial score (nSPS) is 20.4. The summed E-state index contributed by atoms with van der Waals surface area (Å²) in [5.41, 5.74) is 7.58. The first-order valence-corrected chi connectivity index (χ1v) is 4.85. The van der Waals surface area contributed by atoms with E-state index in [0.717, 1.165) is 30.4 Å². The van der Waals surface area contributed by atoms with Crippen LogP contribution in [0, 0.1) is 5.82 Å². The molecule has 0 bridgehead atoms. The molecule has 1 aromatic rings. The van der Waals surface area contributed by atoms with Gasteiger partial charge < -0.3 is 10.5 Å². The van der Waals surface area contributed by atoms with Crippen molar-refractivity contribution in [2.75, 3.05) is 7.11 Å². The van der Waals surface area contributed by atoms with Crippen LogP contribution in [0.1, 0.15) is 30.0 Å². The molecule has 0 fully saturated rings. The van der Waals surface area contributed by atoms with Gasteiger partial charge >= 0.3 is 0 Å². The van der Waals surface area contributed by atoms with Crippen molar-refractivity contribution in [3.05, 3.63) is 29.1 Å². The summed E-state index contributed by atoms with van der Waals surface area (Å²) < 4.78 is 18.7. The van der Waals surface area contributed by atoms with Gasteiger partial charge in [-0.15, -0.1) is 0 Å². The summed E-state index contributed by atoms with van der Waals surface area (Å²) >= 11 is 0. The van der Waals surface area contributed by atoms with Gasteiger partial charge in [0.05, 0.1) is 7.11 Å². The summed E-state index contributed by atoms with van der Waals surface area (Å²) in [7, 11) is 1.48. The predicted octanol–water partition coefficient (Wildman–Crippen LogP) is 2.17. The number of ether oxygens (including phenoxy) is 1. The zero-order valence-electron chi connectivity index (χ0n) is 8.22. The molecule has 2 rings (SSSR count). The van der Waals surface area contributed by atoms with Gasteiger partial charge in [-0.3, -0.25) is 0 Å². The minimum absolute atomic E-state index is 0.0147. The van der Waals surface area contributed by atoms with Crippen molar-refractivity contribution in [1.82, 2.24) is 0 Å². The lowest BCUT2D eigenvalue weighted by Gasteiger charge is -2.23. The van der Waals surface area contributed by atoms with Crippen LogP contribution in [0.15, 0.2) is 12.1 Å². The number of hydrogen-bond donors (Lipinski definition) is 1. The van der Waals surface area contributed by atoms with Gasteiger partial charge in [0.15, 0.2) is 11.6 Å². The first-order valence-electron chi connectivity index (χ1n) is 4.85. The summed E-state index contributed by atoms with van der Waals surface area (Å²) in [4.78, 5) is 0. The molecule has 2 nitrogen and oxygen atoms in total. The largest absolute Gasteiger partial charge is 0.494 e. The number of benzene rings is 1. The summed E-state index contributed by atoms with van der Waals surface area (Å²) in [6, 6.07) is 3.51. The highest BCUT2D eigenvalue weighted by Crippen LogP contribution is 2.33. The van der Waals surface area contributed by atoms with Crippen LogP contribution in [0.5, 0.6) is 5.75 Å². The molecule has 0 saturated heterocycles. The molecule has 1 aliphatic carbocycles. The Labute approximate surface area is 82.9 Å². The van der Waals surface area contributed by atoms with E-state index in [1.807, 2.05) is 6.07 Å². The van der Waals surface area contributed by atoms with Gasteiger partial charge in [-0.1, -0.05) is 6.07 Å². The lowest BCUT2D eigenvalue weighted by molar-refractivity contribution is 0.380. The fraction of sp³-hybridized carbons (Fsp3) is 0.455. The van der Waals surface area contributed by atoms with Crippen LogP contribution < -0.4 is 10.5 Å². The summed E-state index contributed by atoms with van der Waals surface area (Å²) in [6.45, 7) is 0. The third-order valence-corrected chi connectivity index (χ3v) is 2.81. The Morgan fingerprint density at radius 1 is 1.50 bits per heavy atom. The second-order valence-electron chi connectivity index (χ2n) is 3.65. The van der Waals surface area contributed by atoms with E-state index in [2.05, 4.69) is 0 Å².